The van der Waals surface area contributed by atoms with Gasteiger partial charge in [0, 0.05) is 24.5 Å². The van der Waals surface area contributed by atoms with Crippen LogP contribution in [0.1, 0.15) is 46.1 Å². The number of guanidine groups is 1. The molecule has 0 aliphatic heterocycles. The molecule has 0 spiro atoms. The Kier molecular flexibility index (Phi) is 5.87. The van der Waals surface area contributed by atoms with Crippen molar-refractivity contribution in [1.29, 1.82) is 0 Å². The van der Waals surface area contributed by atoms with Crippen LogP contribution in [0.5, 0.6) is 0 Å². The number of nitrogens with one attached hydrogen (secondary N) is 2. The molecule has 1 aromatic carbocycles. The van der Waals surface area contributed by atoms with Crippen LogP contribution in [0.15, 0.2) is 35.3 Å². The average molecular weight is 261 g/mol. The van der Waals surface area contributed by atoms with Gasteiger partial charge in [-0.05, 0) is 33.3 Å². The van der Waals surface area contributed by atoms with Gasteiger partial charge >= 0.3 is 0 Å². The third kappa shape index (κ3) is 6.27. The summed E-state index contributed by atoms with van der Waals surface area (Å²) < 4.78 is 0. The van der Waals surface area contributed by atoms with Gasteiger partial charge in [0.1, 0.15) is 0 Å². The van der Waals surface area contributed by atoms with Gasteiger partial charge < -0.3 is 10.6 Å². The summed E-state index contributed by atoms with van der Waals surface area (Å²) in [6.45, 7) is 12.4. The van der Waals surface area contributed by atoms with Gasteiger partial charge in [-0.2, -0.15) is 0 Å². The normalized spacial score (nSPS) is 14.1. The summed E-state index contributed by atoms with van der Waals surface area (Å²) in [5.74, 6) is 1.31. The quantitative estimate of drug-likeness (QED) is 0.645. The second kappa shape index (κ2) is 7.17. The van der Waals surface area contributed by atoms with E-state index in [0.29, 0.717) is 5.92 Å². The molecule has 1 aromatic rings. The van der Waals surface area contributed by atoms with Gasteiger partial charge in [-0.25, -0.2) is 0 Å². The number of benzene rings is 1. The maximum atomic E-state index is 4.67. The molecular formula is C16H27N3. The lowest BCUT2D eigenvalue weighted by Crippen LogP contribution is -2.47. The maximum absolute atomic E-state index is 4.67. The third-order valence-electron chi connectivity index (χ3n) is 2.73. The number of aliphatic imine (C=N–C) groups is 1. The van der Waals surface area contributed by atoms with E-state index in [1.807, 2.05) is 6.07 Å². The van der Waals surface area contributed by atoms with Crippen molar-refractivity contribution in [2.75, 3.05) is 13.1 Å². The number of rotatable bonds is 4. The van der Waals surface area contributed by atoms with E-state index in [9.17, 15) is 0 Å². The van der Waals surface area contributed by atoms with Crippen molar-refractivity contribution >= 4 is 5.96 Å². The topological polar surface area (TPSA) is 36.4 Å². The Labute approximate surface area is 117 Å². The summed E-state index contributed by atoms with van der Waals surface area (Å²) in [5.41, 5.74) is 1.36. The highest BCUT2D eigenvalue weighted by Crippen LogP contribution is 2.14. The van der Waals surface area contributed by atoms with Crippen LogP contribution >= 0.6 is 0 Å². The number of nitrogens with zero attached hydrogens (tertiary/aromatic N) is 1. The van der Waals surface area contributed by atoms with Gasteiger partial charge in [-0.1, -0.05) is 37.3 Å². The van der Waals surface area contributed by atoms with Crippen LogP contribution in [0.4, 0.5) is 0 Å². The van der Waals surface area contributed by atoms with E-state index in [1.165, 1.54) is 5.56 Å². The first-order valence-electron chi connectivity index (χ1n) is 7.04. The highest BCUT2D eigenvalue weighted by molar-refractivity contribution is 5.80. The second-order valence-electron chi connectivity index (χ2n) is 5.91. The van der Waals surface area contributed by atoms with Crippen molar-refractivity contribution in [3.05, 3.63) is 35.9 Å². The van der Waals surface area contributed by atoms with Crippen molar-refractivity contribution in [2.24, 2.45) is 4.99 Å². The Morgan fingerprint density at radius 3 is 2.37 bits per heavy atom. The SMILES string of the molecule is CCNC(=NCC(C)c1ccccc1)NC(C)(C)C. The molecule has 1 unspecified atom stereocenters. The zero-order valence-corrected chi connectivity index (χ0v) is 12.8. The van der Waals surface area contributed by atoms with Crippen molar-refractivity contribution in [1.82, 2.24) is 10.6 Å². The molecule has 1 atom stereocenters. The molecule has 0 aliphatic carbocycles. The monoisotopic (exact) mass is 261 g/mol. The standard InChI is InChI=1S/C16H27N3/c1-6-17-15(19-16(3,4)5)18-12-13(2)14-10-8-7-9-11-14/h7-11,13H,6,12H2,1-5H3,(H2,17,18,19). The largest absolute Gasteiger partial charge is 0.357 e. The lowest BCUT2D eigenvalue weighted by Gasteiger charge is -2.24. The van der Waals surface area contributed by atoms with E-state index in [1.54, 1.807) is 0 Å². The minimum Gasteiger partial charge on any atom is -0.357 e. The smallest absolute Gasteiger partial charge is 0.191 e. The maximum Gasteiger partial charge on any atom is 0.191 e. The number of hydrogen-bond donors (Lipinski definition) is 2. The van der Waals surface area contributed by atoms with E-state index in [4.69, 9.17) is 0 Å². The Morgan fingerprint density at radius 2 is 1.84 bits per heavy atom. The van der Waals surface area contributed by atoms with Gasteiger partial charge in [-0.3, -0.25) is 4.99 Å². The fourth-order valence-electron chi connectivity index (χ4n) is 1.78. The molecule has 1 rings (SSSR count). The Balaban J connectivity index is 2.65. The van der Waals surface area contributed by atoms with Crippen LogP contribution in [0, 0.1) is 0 Å². The highest BCUT2D eigenvalue weighted by atomic mass is 15.2. The molecule has 0 aromatic heterocycles. The van der Waals surface area contributed by atoms with E-state index < -0.39 is 0 Å². The first-order valence-corrected chi connectivity index (χ1v) is 7.04. The molecule has 0 bridgehead atoms. The summed E-state index contributed by atoms with van der Waals surface area (Å²) in [6, 6.07) is 10.5. The van der Waals surface area contributed by atoms with Crippen LogP contribution in [-0.4, -0.2) is 24.6 Å². The Bertz CT molecular complexity index is 390. The first-order chi connectivity index (χ1) is 8.92. The summed E-state index contributed by atoms with van der Waals surface area (Å²) in [4.78, 5) is 4.67. The van der Waals surface area contributed by atoms with Crippen LogP contribution in [0.25, 0.3) is 0 Å². The van der Waals surface area contributed by atoms with E-state index in [0.717, 1.165) is 19.0 Å². The molecule has 0 radical (unpaired) electrons. The van der Waals surface area contributed by atoms with Crippen molar-refractivity contribution in [3.8, 4) is 0 Å². The lowest BCUT2D eigenvalue weighted by atomic mass is 10.0. The molecule has 0 amide bonds. The van der Waals surface area contributed by atoms with Gasteiger partial charge in [-0.15, -0.1) is 0 Å². The molecule has 3 heteroatoms. The van der Waals surface area contributed by atoms with Crippen LogP contribution in [-0.2, 0) is 0 Å². The molecule has 2 N–H and O–H groups in total. The molecule has 0 heterocycles. The molecule has 0 saturated carbocycles. The van der Waals surface area contributed by atoms with Crippen molar-refractivity contribution < 1.29 is 0 Å². The molecule has 3 nitrogen and oxygen atoms in total. The van der Waals surface area contributed by atoms with Crippen LogP contribution in [0.3, 0.4) is 0 Å². The fraction of sp³-hybridized carbons (Fsp3) is 0.562. The summed E-state index contributed by atoms with van der Waals surface area (Å²) in [6.07, 6.45) is 0. The summed E-state index contributed by atoms with van der Waals surface area (Å²) in [7, 11) is 0. The minimum atomic E-state index is 0.0248. The predicted molar refractivity (Wildman–Crippen MR) is 83.7 cm³/mol. The highest BCUT2D eigenvalue weighted by Gasteiger charge is 2.12. The van der Waals surface area contributed by atoms with Gasteiger partial charge in [0.25, 0.3) is 0 Å². The van der Waals surface area contributed by atoms with E-state index >= 15 is 0 Å². The first kappa shape index (κ1) is 15.5. The fourth-order valence-corrected chi connectivity index (χ4v) is 1.78. The van der Waals surface area contributed by atoms with E-state index in [2.05, 4.69) is 74.5 Å². The Hall–Kier alpha value is -1.51. The summed E-state index contributed by atoms with van der Waals surface area (Å²) >= 11 is 0. The minimum absolute atomic E-state index is 0.0248. The van der Waals surface area contributed by atoms with Gasteiger partial charge in [0.05, 0.1) is 0 Å². The second-order valence-corrected chi connectivity index (χ2v) is 5.91. The van der Waals surface area contributed by atoms with Crippen LogP contribution < -0.4 is 10.6 Å². The van der Waals surface area contributed by atoms with Gasteiger partial charge in [0.2, 0.25) is 0 Å². The van der Waals surface area contributed by atoms with Crippen molar-refractivity contribution in [3.63, 3.8) is 0 Å². The number of hydrogen-bond acceptors (Lipinski definition) is 1. The third-order valence-corrected chi connectivity index (χ3v) is 2.73. The average Bonchev–Trinajstić information content (AvgIpc) is 2.35. The molecule has 0 aliphatic rings. The van der Waals surface area contributed by atoms with Crippen molar-refractivity contribution in [2.45, 2.75) is 46.1 Å². The summed E-state index contributed by atoms with van der Waals surface area (Å²) in [5, 5.41) is 6.69. The van der Waals surface area contributed by atoms with E-state index in [-0.39, 0.29) is 5.54 Å². The lowest BCUT2D eigenvalue weighted by molar-refractivity contribution is 0.501. The predicted octanol–water partition coefficient (Wildman–Crippen LogP) is 3.14. The zero-order valence-electron chi connectivity index (χ0n) is 12.8. The van der Waals surface area contributed by atoms with Gasteiger partial charge in [0.15, 0.2) is 5.96 Å². The molecule has 0 saturated heterocycles. The zero-order chi connectivity index (χ0) is 14.3. The molecular weight excluding hydrogens is 234 g/mol. The van der Waals surface area contributed by atoms with Crippen LogP contribution in [0.2, 0.25) is 0 Å². The molecule has 19 heavy (non-hydrogen) atoms. The molecule has 106 valence electrons. The Morgan fingerprint density at radius 1 is 1.21 bits per heavy atom. The molecule has 0 fully saturated rings.